The Kier molecular flexibility index (Phi) is 6.78. The van der Waals surface area contributed by atoms with Gasteiger partial charge in [-0.1, -0.05) is 35.3 Å². The highest BCUT2D eigenvalue weighted by atomic mass is 35.5. The normalized spacial score (nSPS) is 10.8. The molecular weight excluding hydrogens is 351 g/mol. The van der Waals surface area contributed by atoms with Gasteiger partial charge in [-0.15, -0.1) is 11.8 Å². The zero-order chi connectivity index (χ0) is 16.8. The summed E-state index contributed by atoms with van der Waals surface area (Å²) in [5.41, 5.74) is 1.82. The molecule has 0 bridgehead atoms. The molecule has 23 heavy (non-hydrogen) atoms. The van der Waals surface area contributed by atoms with Crippen LogP contribution in [-0.2, 0) is 11.3 Å². The molecular formula is C17H18Cl2N2OS. The number of carbonyl (C=O) groups is 1. The Morgan fingerprint density at radius 3 is 2.65 bits per heavy atom. The number of hydrogen-bond acceptors (Lipinski definition) is 3. The van der Waals surface area contributed by atoms with Crippen LogP contribution in [-0.4, -0.2) is 30.7 Å². The van der Waals surface area contributed by atoms with Gasteiger partial charge in [0, 0.05) is 17.1 Å². The third kappa shape index (κ3) is 5.74. The van der Waals surface area contributed by atoms with E-state index in [1.807, 2.05) is 54.6 Å². The molecule has 0 heterocycles. The fourth-order valence-corrected chi connectivity index (χ4v) is 2.93. The molecule has 0 atom stereocenters. The number of thioether (sulfide) groups is 1. The molecule has 0 saturated heterocycles. The summed E-state index contributed by atoms with van der Waals surface area (Å²) in [6.45, 7) is 0.916. The summed E-state index contributed by atoms with van der Waals surface area (Å²) in [6.07, 6.45) is 2.01. The van der Waals surface area contributed by atoms with Crippen molar-refractivity contribution >= 4 is 46.6 Å². The molecule has 2 aromatic carbocycles. The predicted octanol–water partition coefficient (Wildman–Crippen LogP) is 4.79. The third-order valence-corrected chi connectivity index (χ3v) is 4.67. The van der Waals surface area contributed by atoms with Crippen LogP contribution in [0.3, 0.4) is 0 Å². The van der Waals surface area contributed by atoms with Crippen LogP contribution in [0.4, 0.5) is 5.69 Å². The van der Waals surface area contributed by atoms with Crippen LogP contribution in [0.15, 0.2) is 47.4 Å². The molecule has 0 aliphatic rings. The Morgan fingerprint density at radius 1 is 1.17 bits per heavy atom. The van der Waals surface area contributed by atoms with Crippen molar-refractivity contribution in [2.24, 2.45) is 0 Å². The lowest BCUT2D eigenvalue weighted by atomic mass is 10.2. The summed E-state index contributed by atoms with van der Waals surface area (Å²) in [6, 6.07) is 13.3. The lowest BCUT2D eigenvalue weighted by Crippen LogP contribution is -2.29. The van der Waals surface area contributed by atoms with Gasteiger partial charge in [-0.3, -0.25) is 9.69 Å². The van der Waals surface area contributed by atoms with Gasteiger partial charge < -0.3 is 5.32 Å². The van der Waals surface area contributed by atoms with Gasteiger partial charge in [0.1, 0.15) is 0 Å². The third-order valence-electron chi connectivity index (χ3n) is 3.20. The van der Waals surface area contributed by atoms with Crippen LogP contribution in [0.25, 0.3) is 0 Å². The van der Waals surface area contributed by atoms with Crippen molar-refractivity contribution in [2.45, 2.75) is 11.4 Å². The van der Waals surface area contributed by atoms with E-state index in [9.17, 15) is 4.79 Å². The lowest BCUT2D eigenvalue weighted by molar-refractivity contribution is -0.117. The Balaban J connectivity index is 1.90. The molecule has 0 aromatic heterocycles. The van der Waals surface area contributed by atoms with Crippen LogP contribution in [0.2, 0.25) is 10.0 Å². The van der Waals surface area contributed by atoms with Gasteiger partial charge in [-0.05, 0) is 49.2 Å². The molecule has 0 fully saturated rings. The number of nitrogens with one attached hydrogen (secondary N) is 1. The number of benzene rings is 2. The van der Waals surface area contributed by atoms with Crippen LogP contribution in [0.1, 0.15) is 5.56 Å². The molecule has 122 valence electrons. The number of amides is 1. The van der Waals surface area contributed by atoms with Crippen molar-refractivity contribution < 1.29 is 4.79 Å². The Labute approximate surface area is 151 Å². The standard InChI is InChI=1S/C17H18Cl2N2OS/c1-21(10-12-6-7-15(18)16(19)8-12)11-17(22)20-13-4-3-5-14(9-13)23-2/h3-9H,10-11H2,1-2H3,(H,20,22). The van der Waals surface area contributed by atoms with Gasteiger partial charge >= 0.3 is 0 Å². The molecule has 2 rings (SSSR count). The molecule has 0 radical (unpaired) electrons. The highest BCUT2D eigenvalue weighted by Crippen LogP contribution is 2.23. The number of nitrogens with zero attached hydrogens (tertiary/aromatic N) is 1. The molecule has 2 aromatic rings. The summed E-state index contributed by atoms with van der Waals surface area (Å²) in [5.74, 6) is -0.0502. The van der Waals surface area contributed by atoms with E-state index in [1.165, 1.54) is 0 Å². The van der Waals surface area contributed by atoms with E-state index in [2.05, 4.69) is 5.32 Å². The van der Waals surface area contributed by atoms with Gasteiger partial charge in [0.15, 0.2) is 0 Å². The average Bonchev–Trinajstić information content (AvgIpc) is 2.51. The smallest absolute Gasteiger partial charge is 0.238 e. The summed E-state index contributed by atoms with van der Waals surface area (Å²) in [5, 5.41) is 3.97. The summed E-state index contributed by atoms with van der Waals surface area (Å²) < 4.78 is 0. The number of likely N-dealkylation sites (N-methyl/N-ethyl adjacent to an activating group) is 1. The van der Waals surface area contributed by atoms with Crippen molar-refractivity contribution in [3.05, 3.63) is 58.1 Å². The number of rotatable bonds is 6. The first kappa shape index (κ1) is 18.1. The van der Waals surface area contributed by atoms with E-state index in [0.29, 0.717) is 23.1 Å². The molecule has 0 spiro atoms. The minimum absolute atomic E-state index is 0.0502. The number of anilines is 1. The second kappa shape index (κ2) is 8.60. The van der Waals surface area contributed by atoms with Crippen LogP contribution >= 0.6 is 35.0 Å². The highest BCUT2D eigenvalue weighted by Gasteiger charge is 2.09. The molecule has 1 amide bonds. The van der Waals surface area contributed by atoms with Crippen LogP contribution in [0, 0.1) is 0 Å². The van der Waals surface area contributed by atoms with Gasteiger partial charge in [-0.2, -0.15) is 0 Å². The number of carbonyl (C=O) groups excluding carboxylic acids is 1. The van der Waals surface area contributed by atoms with Crippen molar-refractivity contribution in [3.63, 3.8) is 0 Å². The maximum absolute atomic E-state index is 12.1. The van der Waals surface area contributed by atoms with Crippen molar-refractivity contribution in [3.8, 4) is 0 Å². The van der Waals surface area contributed by atoms with E-state index in [4.69, 9.17) is 23.2 Å². The molecule has 0 aliphatic heterocycles. The topological polar surface area (TPSA) is 32.3 Å². The molecule has 1 N–H and O–H groups in total. The van der Waals surface area contributed by atoms with E-state index in [0.717, 1.165) is 16.1 Å². The van der Waals surface area contributed by atoms with E-state index < -0.39 is 0 Å². The van der Waals surface area contributed by atoms with Crippen LogP contribution in [0.5, 0.6) is 0 Å². The first-order chi connectivity index (χ1) is 11.0. The average molecular weight is 369 g/mol. The molecule has 0 aliphatic carbocycles. The van der Waals surface area contributed by atoms with Gasteiger partial charge in [0.05, 0.1) is 16.6 Å². The minimum Gasteiger partial charge on any atom is -0.325 e. The quantitative estimate of drug-likeness (QED) is 0.744. The molecule has 6 heteroatoms. The largest absolute Gasteiger partial charge is 0.325 e. The second-order valence-electron chi connectivity index (χ2n) is 5.20. The van der Waals surface area contributed by atoms with Crippen molar-refractivity contribution in [1.82, 2.24) is 4.90 Å². The van der Waals surface area contributed by atoms with E-state index >= 15 is 0 Å². The van der Waals surface area contributed by atoms with Gasteiger partial charge in [0.2, 0.25) is 5.91 Å². The summed E-state index contributed by atoms with van der Waals surface area (Å²) >= 11 is 13.6. The monoisotopic (exact) mass is 368 g/mol. The number of hydrogen-bond donors (Lipinski definition) is 1. The fraction of sp³-hybridized carbons (Fsp3) is 0.235. The van der Waals surface area contributed by atoms with Crippen molar-refractivity contribution in [2.75, 3.05) is 25.2 Å². The fourth-order valence-electron chi connectivity index (χ4n) is 2.15. The first-order valence-corrected chi connectivity index (χ1v) is 9.02. The lowest BCUT2D eigenvalue weighted by Gasteiger charge is -2.17. The zero-order valence-corrected chi connectivity index (χ0v) is 15.3. The molecule has 3 nitrogen and oxygen atoms in total. The first-order valence-electron chi connectivity index (χ1n) is 7.04. The maximum atomic E-state index is 12.1. The maximum Gasteiger partial charge on any atom is 0.238 e. The molecule has 0 unspecified atom stereocenters. The highest BCUT2D eigenvalue weighted by molar-refractivity contribution is 7.98. The minimum atomic E-state index is -0.0502. The second-order valence-corrected chi connectivity index (χ2v) is 6.89. The Morgan fingerprint density at radius 2 is 1.96 bits per heavy atom. The van der Waals surface area contributed by atoms with Gasteiger partial charge in [-0.25, -0.2) is 0 Å². The van der Waals surface area contributed by atoms with Crippen LogP contribution < -0.4 is 5.32 Å². The van der Waals surface area contributed by atoms with E-state index in [-0.39, 0.29) is 5.91 Å². The predicted molar refractivity (Wildman–Crippen MR) is 99.6 cm³/mol. The van der Waals surface area contributed by atoms with E-state index in [1.54, 1.807) is 17.8 Å². The van der Waals surface area contributed by atoms with Gasteiger partial charge in [0.25, 0.3) is 0 Å². The number of halogens is 2. The van der Waals surface area contributed by atoms with Crippen molar-refractivity contribution in [1.29, 1.82) is 0 Å². The molecule has 0 saturated carbocycles. The summed E-state index contributed by atoms with van der Waals surface area (Å²) in [7, 11) is 1.89. The summed E-state index contributed by atoms with van der Waals surface area (Å²) in [4.78, 5) is 15.2. The zero-order valence-electron chi connectivity index (χ0n) is 13.0. The Bertz CT molecular complexity index is 694. The Hall–Kier alpha value is -1.20. The SMILES string of the molecule is CSc1cccc(NC(=O)CN(C)Cc2ccc(Cl)c(Cl)c2)c1.